The molecule has 0 saturated carbocycles. The molecular formula is C17H23N3O2S. The highest BCUT2D eigenvalue weighted by Crippen LogP contribution is 2.22. The lowest BCUT2D eigenvalue weighted by molar-refractivity contribution is -0.126. The molecule has 0 unspecified atom stereocenters. The molecule has 0 aliphatic heterocycles. The molecule has 0 bridgehead atoms. The molecule has 2 rings (SSSR count). The van der Waals surface area contributed by atoms with Crippen molar-refractivity contribution >= 4 is 33.4 Å². The second-order valence-corrected chi connectivity index (χ2v) is 6.90. The van der Waals surface area contributed by atoms with E-state index in [2.05, 4.69) is 21.7 Å². The third kappa shape index (κ3) is 5.98. The average molecular weight is 333 g/mol. The van der Waals surface area contributed by atoms with Crippen LogP contribution in [0.5, 0.6) is 0 Å². The lowest BCUT2D eigenvalue weighted by Gasteiger charge is -2.09. The number of aromatic nitrogens is 1. The molecule has 0 radical (unpaired) electrons. The number of thiazole rings is 1. The smallest absolute Gasteiger partial charge is 0.239 e. The summed E-state index contributed by atoms with van der Waals surface area (Å²) in [5.41, 5.74) is 1.04. The van der Waals surface area contributed by atoms with Crippen LogP contribution in [0.3, 0.4) is 0 Å². The molecule has 1 heterocycles. The first-order chi connectivity index (χ1) is 11.0. The van der Waals surface area contributed by atoms with Crippen molar-refractivity contribution in [1.29, 1.82) is 0 Å². The molecule has 23 heavy (non-hydrogen) atoms. The number of para-hydroxylation sites is 1. The van der Waals surface area contributed by atoms with Crippen molar-refractivity contribution in [3.8, 4) is 0 Å². The predicted octanol–water partition coefficient (Wildman–Crippen LogP) is 2.65. The minimum Gasteiger partial charge on any atom is -0.352 e. The summed E-state index contributed by atoms with van der Waals surface area (Å²) in [6, 6.07) is 8.19. The van der Waals surface area contributed by atoms with Crippen LogP contribution in [0.1, 0.15) is 38.1 Å². The van der Waals surface area contributed by atoms with Gasteiger partial charge in [-0.25, -0.2) is 4.98 Å². The number of carbonyl (C=O) groups excluding carboxylic acids is 2. The van der Waals surface area contributed by atoms with Gasteiger partial charge in [0.15, 0.2) is 0 Å². The monoisotopic (exact) mass is 333 g/mol. The van der Waals surface area contributed by atoms with Gasteiger partial charge in [-0.3, -0.25) is 9.59 Å². The summed E-state index contributed by atoms with van der Waals surface area (Å²) >= 11 is 1.71. The minimum atomic E-state index is -0.150. The predicted molar refractivity (Wildman–Crippen MR) is 93.5 cm³/mol. The van der Waals surface area contributed by atoms with E-state index in [0.717, 1.165) is 29.8 Å². The summed E-state index contributed by atoms with van der Waals surface area (Å²) < 4.78 is 1.21. The van der Waals surface area contributed by atoms with Crippen molar-refractivity contribution in [1.82, 2.24) is 15.6 Å². The summed E-state index contributed by atoms with van der Waals surface area (Å²) in [6.07, 6.45) is 3.05. The number of unbranched alkanes of at least 4 members (excludes halogenated alkanes) is 1. The van der Waals surface area contributed by atoms with Crippen molar-refractivity contribution in [2.24, 2.45) is 0 Å². The van der Waals surface area contributed by atoms with Gasteiger partial charge in [0.1, 0.15) is 0 Å². The number of nitrogens with one attached hydrogen (secondary N) is 2. The Labute approximate surface area is 140 Å². The molecule has 0 aliphatic rings. The van der Waals surface area contributed by atoms with Gasteiger partial charge >= 0.3 is 0 Å². The fourth-order valence-corrected chi connectivity index (χ4v) is 3.24. The van der Waals surface area contributed by atoms with Crippen LogP contribution in [-0.2, 0) is 16.0 Å². The van der Waals surface area contributed by atoms with Gasteiger partial charge in [0.05, 0.1) is 21.8 Å². The molecule has 0 fully saturated rings. The van der Waals surface area contributed by atoms with Gasteiger partial charge in [0.25, 0.3) is 0 Å². The second-order valence-electron chi connectivity index (χ2n) is 5.78. The fraction of sp³-hybridized carbons (Fsp3) is 0.471. The largest absolute Gasteiger partial charge is 0.352 e. The van der Waals surface area contributed by atoms with E-state index in [1.807, 2.05) is 32.0 Å². The summed E-state index contributed by atoms with van der Waals surface area (Å²) in [4.78, 5) is 27.7. The van der Waals surface area contributed by atoms with Crippen LogP contribution in [0, 0.1) is 0 Å². The molecule has 0 saturated heterocycles. The molecule has 5 nitrogen and oxygen atoms in total. The minimum absolute atomic E-state index is 0.0505. The third-order valence-electron chi connectivity index (χ3n) is 3.28. The van der Waals surface area contributed by atoms with Crippen LogP contribution in [0.25, 0.3) is 10.2 Å². The van der Waals surface area contributed by atoms with Crippen molar-refractivity contribution in [2.75, 3.05) is 6.54 Å². The van der Waals surface area contributed by atoms with Gasteiger partial charge in [-0.15, -0.1) is 11.3 Å². The van der Waals surface area contributed by atoms with Crippen molar-refractivity contribution in [3.05, 3.63) is 29.3 Å². The Bertz CT molecular complexity index is 634. The highest BCUT2D eigenvalue weighted by Gasteiger charge is 2.07. The molecule has 2 aromatic rings. The molecule has 0 spiro atoms. The molecule has 124 valence electrons. The van der Waals surface area contributed by atoms with Crippen molar-refractivity contribution in [2.45, 2.75) is 45.6 Å². The molecule has 0 aliphatic carbocycles. The van der Waals surface area contributed by atoms with Gasteiger partial charge < -0.3 is 10.6 Å². The number of hydrogen-bond donors (Lipinski definition) is 2. The number of benzene rings is 1. The first-order valence-electron chi connectivity index (χ1n) is 7.95. The zero-order valence-corrected chi connectivity index (χ0v) is 14.4. The summed E-state index contributed by atoms with van der Waals surface area (Å²) in [6.45, 7) is 3.83. The summed E-state index contributed by atoms with van der Waals surface area (Å²) in [5, 5.41) is 6.50. The van der Waals surface area contributed by atoms with E-state index in [4.69, 9.17) is 0 Å². The molecule has 6 heteroatoms. The number of nitrogens with zero attached hydrogens (tertiary/aromatic N) is 1. The van der Waals surface area contributed by atoms with E-state index in [1.54, 1.807) is 11.3 Å². The Kier molecular flexibility index (Phi) is 6.52. The SMILES string of the molecule is CC(C)NC(=O)CNC(=O)CCCCc1nc2ccccc2s1. The van der Waals surface area contributed by atoms with Crippen molar-refractivity contribution < 1.29 is 9.59 Å². The number of aryl methyl sites for hydroxylation is 1. The Morgan fingerprint density at radius 3 is 2.70 bits per heavy atom. The lowest BCUT2D eigenvalue weighted by Crippen LogP contribution is -2.39. The van der Waals surface area contributed by atoms with Crippen LogP contribution < -0.4 is 10.6 Å². The molecule has 0 atom stereocenters. The number of fused-ring (bicyclic) bond motifs is 1. The van der Waals surface area contributed by atoms with E-state index in [1.165, 1.54) is 4.70 Å². The third-order valence-corrected chi connectivity index (χ3v) is 4.37. The average Bonchev–Trinajstić information content (AvgIpc) is 2.91. The summed E-state index contributed by atoms with van der Waals surface area (Å²) in [7, 11) is 0. The Balaban J connectivity index is 1.63. The molecule has 2 N–H and O–H groups in total. The van der Waals surface area contributed by atoms with Gasteiger partial charge in [0.2, 0.25) is 11.8 Å². The fourth-order valence-electron chi connectivity index (χ4n) is 2.23. The lowest BCUT2D eigenvalue weighted by atomic mass is 10.2. The van der Waals surface area contributed by atoms with Crippen LogP contribution in [0.4, 0.5) is 0 Å². The number of rotatable bonds is 8. The second kappa shape index (κ2) is 8.62. The van der Waals surface area contributed by atoms with Crippen LogP contribution in [0.15, 0.2) is 24.3 Å². The first kappa shape index (κ1) is 17.4. The number of carbonyl (C=O) groups is 2. The highest BCUT2D eigenvalue weighted by atomic mass is 32.1. The molecule has 2 amide bonds. The molecular weight excluding hydrogens is 310 g/mol. The number of amides is 2. The highest BCUT2D eigenvalue weighted by molar-refractivity contribution is 7.18. The topological polar surface area (TPSA) is 71.1 Å². The maximum atomic E-state index is 11.7. The van der Waals surface area contributed by atoms with Gasteiger partial charge in [-0.05, 0) is 45.2 Å². The zero-order chi connectivity index (χ0) is 16.7. The quantitative estimate of drug-likeness (QED) is 0.730. The Morgan fingerprint density at radius 1 is 1.17 bits per heavy atom. The first-order valence-corrected chi connectivity index (χ1v) is 8.77. The number of hydrogen-bond acceptors (Lipinski definition) is 4. The standard InChI is InChI=1S/C17H23N3O2S/c1-12(2)19-16(22)11-18-15(21)9-5-6-10-17-20-13-7-3-4-8-14(13)23-17/h3-4,7-8,12H,5-6,9-11H2,1-2H3,(H,18,21)(H,19,22). The maximum absolute atomic E-state index is 11.7. The van der Waals surface area contributed by atoms with Crippen LogP contribution >= 0.6 is 11.3 Å². The van der Waals surface area contributed by atoms with Gasteiger partial charge in [-0.2, -0.15) is 0 Å². The van der Waals surface area contributed by atoms with E-state index < -0.39 is 0 Å². The van der Waals surface area contributed by atoms with Crippen molar-refractivity contribution in [3.63, 3.8) is 0 Å². The van der Waals surface area contributed by atoms with Gasteiger partial charge in [-0.1, -0.05) is 12.1 Å². The Morgan fingerprint density at radius 2 is 1.96 bits per heavy atom. The van der Waals surface area contributed by atoms with Crippen LogP contribution in [0.2, 0.25) is 0 Å². The van der Waals surface area contributed by atoms with E-state index in [0.29, 0.717) is 6.42 Å². The Hall–Kier alpha value is -1.95. The molecule has 1 aromatic heterocycles. The van der Waals surface area contributed by atoms with E-state index >= 15 is 0 Å². The van der Waals surface area contributed by atoms with E-state index in [-0.39, 0.29) is 24.4 Å². The van der Waals surface area contributed by atoms with Gasteiger partial charge in [0, 0.05) is 12.5 Å². The summed E-state index contributed by atoms with van der Waals surface area (Å²) in [5.74, 6) is -0.226. The zero-order valence-electron chi connectivity index (χ0n) is 13.6. The maximum Gasteiger partial charge on any atom is 0.239 e. The normalized spacial score (nSPS) is 10.9. The van der Waals surface area contributed by atoms with E-state index in [9.17, 15) is 9.59 Å². The van der Waals surface area contributed by atoms with Crippen LogP contribution in [-0.4, -0.2) is 29.4 Å². The molecule has 1 aromatic carbocycles.